The molecule has 0 radical (unpaired) electrons. The van der Waals surface area contributed by atoms with Crippen molar-refractivity contribution in [2.24, 2.45) is 0 Å². The second kappa shape index (κ2) is 7.11. The van der Waals surface area contributed by atoms with Crippen LogP contribution in [0.5, 0.6) is 0 Å². The van der Waals surface area contributed by atoms with Gasteiger partial charge in [-0.05, 0) is 6.92 Å². The lowest BCUT2D eigenvalue weighted by atomic mass is 9.97. The highest BCUT2D eigenvalue weighted by Gasteiger charge is 2.45. The van der Waals surface area contributed by atoms with Crippen LogP contribution in [0, 0.1) is 0 Å². The SMILES string of the molecule is CO[C@H]1O[C@H](C)[C@@H](NC(=O)[C@H](O)CCO)[C@H](O)[C@@H]1F. The van der Waals surface area contributed by atoms with E-state index in [0.29, 0.717) is 0 Å². The summed E-state index contributed by atoms with van der Waals surface area (Å²) in [5, 5.41) is 30.1. The Labute approximate surface area is 110 Å². The van der Waals surface area contributed by atoms with Crippen molar-refractivity contribution >= 4 is 5.91 Å². The molecule has 1 amide bonds. The Morgan fingerprint density at radius 2 is 2.21 bits per heavy atom. The molecule has 0 spiro atoms. The molecule has 0 aliphatic carbocycles. The summed E-state index contributed by atoms with van der Waals surface area (Å²) in [4.78, 5) is 11.6. The third-order valence-corrected chi connectivity index (χ3v) is 3.06. The highest BCUT2D eigenvalue weighted by molar-refractivity contribution is 5.80. The fraction of sp³-hybridized carbons (Fsp3) is 0.909. The Morgan fingerprint density at radius 1 is 1.58 bits per heavy atom. The summed E-state index contributed by atoms with van der Waals surface area (Å²) in [6, 6.07) is -0.998. The molecule has 0 saturated carbocycles. The summed E-state index contributed by atoms with van der Waals surface area (Å²) in [6.07, 6.45) is -6.73. The van der Waals surface area contributed by atoms with E-state index in [1.807, 2.05) is 0 Å². The van der Waals surface area contributed by atoms with Crippen LogP contribution in [0.15, 0.2) is 0 Å². The molecule has 0 unspecified atom stereocenters. The van der Waals surface area contributed by atoms with E-state index in [2.05, 4.69) is 5.32 Å². The van der Waals surface area contributed by atoms with Crippen molar-refractivity contribution in [2.45, 2.75) is 50.2 Å². The fourth-order valence-electron chi connectivity index (χ4n) is 1.91. The minimum atomic E-state index is -1.80. The number of carbonyl (C=O) groups excluding carboxylic acids is 1. The van der Waals surface area contributed by atoms with Crippen LogP contribution in [0.2, 0.25) is 0 Å². The van der Waals surface area contributed by atoms with Crippen LogP contribution < -0.4 is 5.32 Å². The second-order valence-electron chi connectivity index (χ2n) is 4.44. The smallest absolute Gasteiger partial charge is 0.249 e. The number of aliphatic hydroxyl groups excluding tert-OH is 3. The minimum Gasteiger partial charge on any atom is -0.396 e. The van der Waals surface area contributed by atoms with Crippen molar-refractivity contribution in [3.8, 4) is 0 Å². The van der Waals surface area contributed by atoms with Gasteiger partial charge in [-0.3, -0.25) is 4.79 Å². The molecule has 0 aromatic carbocycles. The number of hydrogen-bond acceptors (Lipinski definition) is 6. The minimum absolute atomic E-state index is 0.135. The highest BCUT2D eigenvalue weighted by atomic mass is 19.1. The van der Waals surface area contributed by atoms with Gasteiger partial charge in [-0.1, -0.05) is 0 Å². The molecule has 6 atom stereocenters. The first-order chi connectivity index (χ1) is 8.92. The molecule has 7 nitrogen and oxygen atoms in total. The number of carbonyl (C=O) groups is 1. The third kappa shape index (κ3) is 3.83. The number of ether oxygens (including phenoxy) is 2. The van der Waals surface area contributed by atoms with E-state index < -0.39 is 42.7 Å². The van der Waals surface area contributed by atoms with E-state index in [1.54, 1.807) is 6.92 Å². The molecular formula is C11H20FNO6. The molecule has 0 aromatic rings. The number of nitrogens with one attached hydrogen (secondary N) is 1. The molecule has 0 bridgehead atoms. The topological polar surface area (TPSA) is 108 Å². The van der Waals surface area contributed by atoms with Gasteiger partial charge in [-0.15, -0.1) is 0 Å². The van der Waals surface area contributed by atoms with Crippen molar-refractivity contribution in [1.82, 2.24) is 5.32 Å². The van der Waals surface area contributed by atoms with Gasteiger partial charge in [-0.25, -0.2) is 4.39 Å². The predicted octanol–water partition coefficient (Wildman–Crippen LogP) is -1.70. The van der Waals surface area contributed by atoms with Gasteiger partial charge < -0.3 is 30.1 Å². The van der Waals surface area contributed by atoms with Crippen LogP contribution in [0.1, 0.15) is 13.3 Å². The van der Waals surface area contributed by atoms with E-state index in [-0.39, 0.29) is 13.0 Å². The zero-order valence-corrected chi connectivity index (χ0v) is 10.8. The summed E-state index contributed by atoms with van der Waals surface area (Å²) in [7, 11) is 1.25. The normalized spacial score (nSPS) is 36.8. The summed E-state index contributed by atoms with van der Waals surface area (Å²) < 4.78 is 23.6. The van der Waals surface area contributed by atoms with Crippen LogP contribution >= 0.6 is 0 Å². The van der Waals surface area contributed by atoms with Gasteiger partial charge in [-0.2, -0.15) is 0 Å². The number of methoxy groups -OCH3 is 1. The van der Waals surface area contributed by atoms with Crippen LogP contribution in [0.3, 0.4) is 0 Å². The first kappa shape index (κ1) is 16.3. The Bertz CT molecular complexity index is 305. The predicted molar refractivity (Wildman–Crippen MR) is 61.9 cm³/mol. The molecule has 1 aliphatic rings. The molecule has 19 heavy (non-hydrogen) atoms. The van der Waals surface area contributed by atoms with Crippen molar-refractivity contribution in [3.05, 3.63) is 0 Å². The Kier molecular flexibility index (Phi) is 6.08. The van der Waals surface area contributed by atoms with Gasteiger partial charge in [0, 0.05) is 20.1 Å². The molecule has 1 fully saturated rings. The summed E-state index contributed by atoms with van der Waals surface area (Å²) in [5.74, 6) is -0.795. The van der Waals surface area contributed by atoms with E-state index in [0.717, 1.165) is 0 Å². The molecule has 112 valence electrons. The maximum atomic E-state index is 13.7. The zero-order valence-electron chi connectivity index (χ0n) is 10.8. The average Bonchev–Trinajstić information content (AvgIpc) is 2.38. The van der Waals surface area contributed by atoms with Gasteiger partial charge >= 0.3 is 0 Å². The van der Waals surface area contributed by atoms with E-state index >= 15 is 0 Å². The van der Waals surface area contributed by atoms with Gasteiger partial charge in [0.15, 0.2) is 12.5 Å². The van der Waals surface area contributed by atoms with Crippen molar-refractivity contribution < 1.29 is 34.0 Å². The van der Waals surface area contributed by atoms with Gasteiger partial charge in [0.1, 0.15) is 12.2 Å². The van der Waals surface area contributed by atoms with Gasteiger partial charge in [0.25, 0.3) is 0 Å². The molecule has 8 heteroatoms. The van der Waals surface area contributed by atoms with E-state index in [9.17, 15) is 19.4 Å². The molecule has 1 rings (SSSR count). The van der Waals surface area contributed by atoms with E-state index in [4.69, 9.17) is 14.6 Å². The molecule has 1 aliphatic heterocycles. The fourth-order valence-corrected chi connectivity index (χ4v) is 1.91. The number of rotatable bonds is 5. The summed E-state index contributed by atoms with van der Waals surface area (Å²) >= 11 is 0. The Morgan fingerprint density at radius 3 is 2.74 bits per heavy atom. The lowest BCUT2D eigenvalue weighted by molar-refractivity contribution is -0.246. The maximum absolute atomic E-state index is 13.7. The standard InChI is InChI=1S/C11H20FNO6/c1-5-8(13-10(17)6(15)3-4-14)9(16)7(12)11(18-2)19-5/h5-9,11,14-16H,3-4H2,1-2H3,(H,13,17)/t5-,6-,7+,8-,9-,11+/m1/s1. The molecule has 4 N–H and O–H groups in total. The largest absolute Gasteiger partial charge is 0.396 e. The Balaban J connectivity index is 2.64. The number of halogens is 1. The lowest BCUT2D eigenvalue weighted by Crippen LogP contribution is -2.62. The Hall–Kier alpha value is -0.800. The van der Waals surface area contributed by atoms with Crippen molar-refractivity contribution in [2.75, 3.05) is 13.7 Å². The molecule has 1 saturated heterocycles. The third-order valence-electron chi connectivity index (χ3n) is 3.06. The zero-order chi connectivity index (χ0) is 14.6. The molecular weight excluding hydrogens is 261 g/mol. The molecule has 0 aromatic heterocycles. The summed E-state index contributed by atoms with van der Waals surface area (Å²) in [5.41, 5.74) is 0. The van der Waals surface area contributed by atoms with Crippen LogP contribution in [0.4, 0.5) is 4.39 Å². The number of aliphatic hydroxyl groups is 3. The van der Waals surface area contributed by atoms with Crippen LogP contribution in [-0.2, 0) is 14.3 Å². The lowest BCUT2D eigenvalue weighted by Gasteiger charge is -2.40. The maximum Gasteiger partial charge on any atom is 0.249 e. The average molecular weight is 281 g/mol. The first-order valence-electron chi connectivity index (χ1n) is 6.02. The molecule has 1 heterocycles. The first-order valence-corrected chi connectivity index (χ1v) is 6.02. The van der Waals surface area contributed by atoms with E-state index in [1.165, 1.54) is 7.11 Å². The van der Waals surface area contributed by atoms with Gasteiger partial charge in [0.2, 0.25) is 5.91 Å². The van der Waals surface area contributed by atoms with Crippen molar-refractivity contribution in [3.63, 3.8) is 0 Å². The van der Waals surface area contributed by atoms with Gasteiger partial charge in [0.05, 0.1) is 12.1 Å². The highest BCUT2D eigenvalue weighted by Crippen LogP contribution is 2.23. The number of amides is 1. The van der Waals surface area contributed by atoms with Crippen molar-refractivity contribution in [1.29, 1.82) is 0 Å². The number of hydrogen-bond donors (Lipinski definition) is 4. The monoisotopic (exact) mass is 281 g/mol. The quantitative estimate of drug-likeness (QED) is 0.478. The van der Waals surface area contributed by atoms with Crippen LogP contribution in [-0.4, -0.2) is 71.8 Å². The second-order valence-corrected chi connectivity index (χ2v) is 4.44. The number of alkyl halides is 1. The summed E-state index contributed by atoms with van der Waals surface area (Å²) in [6.45, 7) is 1.19. The van der Waals surface area contributed by atoms with Crippen LogP contribution in [0.25, 0.3) is 0 Å².